The fourth-order valence-electron chi connectivity index (χ4n) is 2.96. The Hall–Kier alpha value is -1.63. The van der Waals surface area contributed by atoms with Gasteiger partial charge >= 0.3 is 0 Å². The van der Waals surface area contributed by atoms with Gasteiger partial charge in [0.2, 0.25) is 5.91 Å². The standard InChI is InChI=1S/C18H31N5OS/c1-3-19-18(21-12-10-17-22-13-14(2)25-17)20-11-9-16(24)23-15-7-5-4-6-8-15/h13,15H,3-12H2,1-2H3,(H,23,24)(H2,19,20,21). The molecule has 0 saturated heterocycles. The van der Waals surface area contributed by atoms with E-state index in [9.17, 15) is 4.79 Å². The van der Waals surface area contributed by atoms with Crippen LogP contribution in [-0.2, 0) is 11.2 Å². The van der Waals surface area contributed by atoms with E-state index in [2.05, 4.69) is 32.9 Å². The van der Waals surface area contributed by atoms with Crippen molar-refractivity contribution in [1.82, 2.24) is 20.9 Å². The lowest BCUT2D eigenvalue weighted by atomic mass is 9.95. The number of rotatable bonds is 8. The SMILES string of the molecule is CCNC(=NCCc1ncc(C)s1)NCCC(=O)NC1CCCCC1. The van der Waals surface area contributed by atoms with Crippen molar-refractivity contribution >= 4 is 23.2 Å². The minimum Gasteiger partial charge on any atom is -0.357 e. The second kappa shape index (κ2) is 11.1. The van der Waals surface area contributed by atoms with Crippen molar-refractivity contribution in [2.75, 3.05) is 19.6 Å². The van der Waals surface area contributed by atoms with Crippen LogP contribution in [0.1, 0.15) is 55.3 Å². The Morgan fingerprint density at radius 3 is 2.80 bits per heavy atom. The van der Waals surface area contributed by atoms with Crippen molar-refractivity contribution in [3.8, 4) is 0 Å². The summed E-state index contributed by atoms with van der Waals surface area (Å²) < 4.78 is 0. The van der Waals surface area contributed by atoms with Crippen LogP contribution >= 0.6 is 11.3 Å². The van der Waals surface area contributed by atoms with Gasteiger partial charge in [-0.15, -0.1) is 11.3 Å². The zero-order valence-corrected chi connectivity index (χ0v) is 16.3. The van der Waals surface area contributed by atoms with Crippen LogP contribution in [0.5, 0.6) is 0 Å². The average molecular weight is 366 g/mol. The first kappa shape index (κ1) is 19.7. The van der Waals surface area contributed by atoms with Gasteiger partial charge < -0.3 is 16.0 Å². The second-order valence-corrected chi connectivity index (χ2v) is 7.77. The molecule has 0 aromatic carbocycles. The van der Waals surface area contributed by atoms with E-state index in [4.69, 9.17) is 0 Å². The first-order valence-corrected chi connectivity index (χ1v) is 10.2. The molecule has 7 heteroatoms. The summed E-state index contributed by atoms with van der Waals surface area (Å²) >= 11 is 1.72. The van der Waals surface area contributed by atoms with Crippen molar-refractivity contribution in [3.63, 3.8) is 0 Å². The van der Waals surface area contributed by atoms with Gasteiger partial charge in [-0.2, -0.15) is 0 Å². The quantitative estimate of drug-likeness (QED) is 0.488. The number of amides is 1. The summed E-state index contributed by atoms with van der Waals surface area (Å²) in [5, 5.41) is 10.7. The normalized spacial score (nSPS) is 15.8. The number of carbonyl (C=O) groups is 1. The summed E-state index contributed by atoms with van der Waals surface area (Å²) in [5.74, 6) is 0.898. The first-order chi connectivity index (χ1) is 12.2. The van der Waals surface area contributed by atoms with Crippen molar-refractivity contribution in [2.45, 2.75) is 64.8 Å². The molecule has 1 aromatic rings. The van der Waals surface area contributed by atoms with Crippen LogP contribution in [0.4, 0.5) is 0 Å². The molecule has 0 atom stereocenters. The lowest BCUT2D eigenvalue weighted by Gasteiger charge is -2.22. The van der Waals surface area contributed by atoms with Crippen molar-refractivity contribution < 1.29 is 4.79 Å². The number of aryl methyl sites for hydroxylation is 1. The van der Waals surface area contributed by atoms with Crippen molar-refractivity contribution in [1.29, 1.82) is 0 Å². The predicted molar refractivity (Wildman–Crippen MR) is 104 cm³/mol. The van der Waals surface area contributed by atoms with E-state index in [0.717, 1.165) is 36.8 Å². The zero-order chi connectivity index (χ0) is 17.9. The van der Waals surface area contributed by atoms with Crippen LogP contribution in [0.2, 0.25) is 0 Å². The maximum atomic E-state index is 12.0. The molecule has 140 valence electrons. The maximum absolute atomic E-state index is 12.0. The van der Waals surface area contributed by atoms with Gasteiger partial charge in [0, 0.05) is 49.6 Å². The molecule has 3 N–H and O–H groups in total. The Kier molecular flexibility index (Phi) is 8.72. The smallest absolute Gasteiger partial charge is 0.221 e. The van der Waals surface area contributed by atoms with Gasteiger partial charge in [-0.1, -0.05) is 19.3 Å². The van der Waals surface area contributed by atoms with Crippen LogP contribution in [-0.4, -0.2) is 42.5 Å². The molecular formula is C18H31N5OS. The summed E-state index contributed by atoms with van der Waals surface area (Å²) in [4.78, 5) is 22.2. The van der Waals surface area contributed by atoms with Gasteiger partial charge in [-0.05, 0) is 26.7 Å². The van der Waals surface area contributed by atoms with Crippen LogP contribution in [0.15, 0.2) is 11.2 Å². The number of carbonyl (C=O) groups excluding carboxylic acids is 1. The van der Waals surface area contributed by atoms with E-state index >= 15 is 0 Å². The summed E-state index contributed by atoms with van der Waals surface area (Å²) in [6.45, 7) is 6.19. The molecule has 1 aliphatic rings. The second-order valence-electron chi connectivity index (χ2n) is 6.45. The summed E-state index contributed by atoms with van der Waals surface area (Å²) in [6, 6.07) is 0.380. The molecule has 25 heavy (non-hydrogen) atoms. The number of guanidine groups is 1. The third-order valence-corrected chi connectivity index (χ3v) is 5.20. The summed E-state index contributed by atoms with van der Waals surface area (Å²) in [5.41, 5.74) is 0. The number of aliphatic imine (C=N–C) groups is 1. The highest BCUT2D eigenvalue weighted by Crippen LogP contribution is 2.17. The fraction of sp³-hybridized carbons (Fsp3) is 0.722. The summed E-state index contributed by atoms with van der Waals surface area (Å²) in [6.07, 6.45) is 9.25. The molecule has 0 radical (unpaired) electrons. The minimum absolute atomic E-state index is 0.133. The zero-order valence-electron chi connectivity index (χ0n) is 15.4. The molecule has 1 saturated carbocycles. The number of nitrogens with zero attached hydrogens (tertiary/aromatic N) is 2. The molecule has 0 unspecified atom stereocenters. The van der Waals surface area contributed by atoms with Crippen LogP contribution in [0.25, 0.3) is 0 Å². The molecule has 1 fully saturated rings. The van der Waals surface area contributed by atoms with E-state index in [1.165, 1.54) is 24.1 Å². The number of aromatic nitrogens is 1. The van der Waals surface area contributed by atoms with E-state index in [-0.39, 0.29) is 5.91 Å². The lowest BCUT2D eigenvalue weighted by molar-refractivity contribution is -0.121. The molecule has 6 nitrogen and oxygen atoms in total. The molecule has 0 spiro atoms. The molecule has 1 heterocycles. The summed E-state index contributed by atoms with van der Waals surface area (Å²) in [7, 11) is 0. The minimum atomic E-state index is 0.133. The average Bonchev–Trinajstić information content (AvgIpc) is 3.01. The highest BCUT2D eigenvalue weighted by molar-refractivity contribution is 7.11. The molecular weight excluding hydrogens is 334 g/mol. The van der Waals surface area contributed by atoms with Crippen molar-refractivity contribution in [2.24, 2.45) is 4.99 Å². The number of nitrogens with one attached hydrogen (secondary N) is 3. The third-order valence-electron chi connectivity index (χ3n) is 4.22. The van der Waals surface area contributed by atoms with E-state index in [1.54, 1.807) is 11.3 Å². The van der Waals surface area contributed by atoms with Gasteiger partial charge in [0.25, 0.3) is 0 Å². The van der Waals surface area contributed by atoms with Gasteiger partial charge in [0.15, 0.2) is 5.96 Å². The Morgan fingerprint density at radius 1 is 1.32 bits per heavy atom. The molecule has 0 aliphatic heterocycles. The van der Waals surface area contributed by atoms with E-state index in [1.807, 2.05) is 13.1 Å². The van der Waals surface area contributed by atoms with Crippen molar-refractivity contribution in [3.05, 3.63) is 16.1 Å². The topological polar surface area (TPSA) is 78.4 Å². The number of hydrogen-bond acceptors (Lipinski definition) is 4. The third kappa shape index (κ3) is 7.86. The van der Waals surface area contributed by atoms with Gasteiger partial charge in [0.1, 0.15) is 0 Å². The molecule has 1 aliphatic carbocycles. The fourth-order valence-corrected chi connectivity index (χ4v) is 3.74. The van der Waals surface area contributed by atoms with Gasteiger partial charge in [0.05, 0.1) is 5.01 Å². The van der Waals surface area contributed by atoms with Crippen LogP contribution in [0, 0.1) is 6.92 Å². The predicted octanol–water partition coefficient (Wildman–Crippen LogP) is 2.39. The molecule has 0 bridgehead atoms. The van der Waals surface area contributed by atoms with E-state index in [0.29, 0.717) is 25.6 Å². The molecule has 1 aromatic heterocycles. The Bertz CT molecular complexity index is 551. The first-order valence-electron chi connectivity index (χ1n) is 9.40. The maximum Gasteiger partial charge on any atom is 0.221 e. The van der Waals surface area contributed by atoms with Gasteiger partial charge in [-0.25, -0.2) is 4.98 Å². The molecule has 2 rings (SSSR count). The van der Waals surface area contributed by atoms with Gasteiger partial charge in [-0.3, -0.25) is 9.79 Å². The Labute approximate surface area is 154 Å². The monoisotopic (exact) mass is 365 g/mol. The lowest BCUT2D eigenvalue weighted by Crippen LogP contribution is -2.41. The Morgan fingerprint density at radius 2 is 2.12 bits per heavy atom. The highest BCUT2D eigenvalue weighted by Gasteiger charge is 2.15. The van der Waals surface area contributed by atoms with E-state index < -0.39 is 0 Å². The number of hydrogen-bond donors (Lipinski definition) is 3. The highest BCUT2D eigenvalue weighted by atomic mass is 32.1. The Balaban J connectivity index is 1.67. The van der Waals surface area contributed by atoms with Crippen LogP contribution < -0.4 is 16.0 Å². The largest absolute Gasteiger partial charge is 0.357 e. The van der Waals surface area contributed by atoms with Crippen LogP contribution in [0.3, 0.4) is 0 Å². The number of thiazole rings is 1. The molecule has 1 amide bonds.